The van der Waals surface area contributed by atoms with Gasteiger partial charge in [-0.15, -0.1) is 10.2 Å². The molecular weight excluding hydrogens is 220 g/mol. The molecule has 5 heteroatoms. The molecule has 16 heavy (non-hydrogen) atoms. The number of hydrogen-bond donors (Lipinski definition) is 1. The van der Waals surface area contributed by atoms with Crippen molar-refractivity contribution in [3.63, 3.8) is 0 Å². The number of nitriles is 1. The van der Waals surface area contributed by atoms with E-state index >= 15 is 0 Å². The van der Waals surface area contributed by atoms with Gasteiger partial charge in [-0.05, 0) is 17.7 Å². The summed E-state index contributed by atoms with van der Waals surface area (Å²) in [4.78, 5) is 0. The molecule has 4 nitrogen and oxygen atoms in total. The Hall–Kier alpha value is -1.80. The highest BCUT2D eigenvalue weighted by Crippen LogP contribution is 2.26. The summed E-state index contributed by atoms with van der Waals surface area (Å²) in [5.74, 6) is 0.785. The third-order valence-electron chi connectivity index (χ3n) is 2.35. The lowest BCUT2D eigenvalue weighted by atomic mass is 10.1. The van der Waals surface area contributed by atoms with Crippen LogP contribution in [-0.2, 0) is 7.05 Å². The van der Waals surface area contributed by atoms with Gasteiger partial charge in [-0.25, -0.2) is 0 Å². The number of aromatic nitrogens is 3. The third kappa shape index (κ3) is 1.92. The lowest BCUT2D eigenvalue weighted by molar-refractivity contribution is 0.815. The van der Waals surface area contributed by atoms with Crippen LogP contribution in [0.25, 0.3) is 0 Å². The van der Waals surface area contributed by atoms with Gasteiger partial charge in [-0.1, -0.05) is 12.1 Å². The molecule has 1 aromatic heterocycles. The second kappa shape index (κ2) is 4.37. The highest BCUT2D eigenvalue weighted by Gasteiger charge is 2.14. The average molecular weight is 230 g/mol. The van der Waals surface area contributed by atoms with E-state index in [1.165, 1.54) is 0 Å². The van der Waals surface area contributed by atoms with Gasteiger partial charge in [0, 0.05) is 7.05 Å². The topological polar surface area (TPSA) is 54.5 Å². The molecule has 0 saturated heterocycles. The minimum atomic E-state index is -0.125. The third-order valence-corrected chi connectivity index (χ3v) is 2.88. The van der Waals surface area contributed by atoms with E-state index in [-0.39, 0.29) is 5.25 Å². The molecular formula is C11H10N4S. The number of rotatable bonds is 2. The Kier molecular flexibility index (Phi) is 2.93. The largest absolute Gasteiger partial charge is 0.320 e. The highest BCUT2D eigenvalue weighted by molar-refractivity contribution is 7.80. The average Bonchev–Trinajstić information content (AvgIpc) is 2.75. The van der Waals surface area contributed by atoms with Crippen LogP contribution in [0.4, 0.5) is 0 Å². The number of thiol groups is 1. The first kappa shape index (κ1) is 10.7. The van der Waals surface area contributed by atoms with E-state index in [9.17, 15) is 0 Å². The van der Waals surface area contributed by atoms with E-state index in [2.05, 4.69) is 28.9 Å². The molecule has 0 aliphatic rings. The van der Waals surface area contributed by atoms with Gasteiger partial charge in [0.2, 0.25) is 0 Å². The van der Waals surface area contributed by atoms with Crippen molar-refractivity contribution in [1.82, 2.24) is 14.8 Å². The van der Waals surface area contributed by atoms with E-state index in [1.807, 2.05) is 23.7 Å². The van der Waals surface area contributed by atoms with E-state index in [0.29, 0.717) is 5.56 Å². The fourth-order valence-corrected chi connectivity index (χ4v) is 1.83. The summed E-state index contributed by atoms with van der Waals surface area (Å²) in [6.07, 6.45) is 1.64. The first-order valence-electron chi connectivity index (χ1n) is 4.74. The molecule has 0 N–H and O–H groups in total. The summed E-state index contributed by atoms with van der Waals surface area (Å²) in [6, 6.07) is 9.39. The van der Waals surface area contributed by atoms with Crippen molar-refractivity contribution in [2.24, 2.45) is 7.05 Å². The van der Waals surface area contributed by atoms with Crippen molar-refractivity contribution in [1.29, 1.82) is 5.26 Å². The van der Waals surface area contributed by atoms with Crippen molar-refractivity contribution in [2.75, 3.05) is 0 Å². The quantitative estimate of drug-likeness (QED) is 0.799. The van der Waals surface area contributed by atoms with Gasteiger partial charge < -0.3 is 4.57 Å². The number of nitrogens with zero attached hydrogens (tertiary/aromatic N) is 4. The van der Waals surface area contributed by atoms with Crippen molar-refractivity contribution < 1.29 is 0 Å². The Bertz CT molecular complexity index is 524. The molecule has 0 aliphatic carbocycles. The molecule has 0 bridgehead atoms. The molecule has 1 heterocycles. The minimum absolute atomic E-state index is 0.125. The van der Waals surface area contributed by atoms with Gasteiger partial charge in [0.25, 0.3) is 0 Å². The van der Waals surface area contributed by atoms with Gasteiger partial charge in [-0.2, -0.15) is 17.9 Å². The standard InChI is InChI=1S/C11H10N4S/c1-15-7-13-14-11(15)10(16)9-4-2-8(6-12)3-5-9/h2-5,7,10,16H,1H3. The highest BCUT2D eigenvalue weighted by atomic mass is 32.1. The molecule has 0 fully saturated rings. The Labute approximate surface area is 99.0 Å². The molecule has 0 saturated carbocycles. The molecule has 0 radical (unpaired) electrons. The lowest BCUT2D eigenvalue weighted by Crippen LogP contribution is -2.02. The Morgan fingerprint density at radius 3 is 2.56 bits per heavy atom. The molecule has 1 atom stereocenters. The second-order valence-corrected chi connectivity index (χ2v) is 3.95. The number of hydrogen-bond acceptors (Lipinski definition) is 4. The maximum atomic E-state index is 8.70. The number of aryl methyl sites for hydroxylation is 1. The van der Waals surface area contributed by atoms with Gasteiger partial charge in [0.15, 0.2) is 0 Å². The van der Waals surface area contributed by atoms with Crippen molar-refractivity contribution in [3.05, 3.63) is 47.5 Å². The molecule has 80 valence electrons. The SMILES string of the molecule is Cn1cnnc1C(S)c1ccc(C#N)cc1. The van der Waals surface area contributed by atoms with Gasteiger partial charge in [0.05, 0.1) is 16.9 Å². The van der Waals surface area contributed by atoms with Gasteiger partial charge in [0.1, 0.15) is 12.2 Å². The normalized spacial score (nSPS) is 12.1. The zero-order valence-corrected chi connectivity index (χ0v) is 9.59. The molecule has 2 rings (SSSR count). The van der Waals surface area contributed by atoms with Crippen LogP contribution in [0, 0.1) is 11.3 Å². The Morgan fingerprint density at radius 1 is 1.38 bits per heavy atom. The molecule has 0 aliphatic heterocycles. The number of benzene rings is 1. The maximum Gasteiger partial charge on any atom is 0.149 e. The van der Waals surface area contributed by atoms with Crippen molar-refractivity contribution in [2.45, 2.75) is 5.25 Å². The Balaban J connectivity index is 2.31. The van der Waals surface area contributed by atoms with Gasteiger partial charge in [-0.3, -0.25) is 0 Å². The summed E-state index contributed by atoms with van der Waals surface area (Å²) in [5, 5.41) is 16.4. The van der Waals surface area contributed by atoms with Crippen LogP contribution in [0.1, 0.15) is 22.2 Å². The molecule has 1 unspecified atom stereocenters. The van der Waals surface area contributed by atoms with Crippen molar-refractivity contribution >= 4 is 12.6 Å². The summed E-state index contributed by atoms with van der Waals surface area (Å²) >= 11 is 4.50. The van der Waals surface area contributed by atoms with E-state index in [1.54, 1.807) is 18.5 Å². The maximum absolute atomic E-state index is 8.70. The van der Waals surface area contributed by atoms with Crippen LogP contribution in [0.3, 0.4) is 0 Å². The van der Waals surface area contributed by atoms with Gasteiger partial charge >= 0.3 is 0 Å². The van der Waals surface area contributed by atoms with E-state index in [0.717, 1.165) is 11.4 Å². The molecule has 0 amide bonds. The smallest absolute Gasteiger partial charge is 0.149 e. The first-order valence-corrected chi connectivity index (χ1v) is 5.26. The summed E-state index contributed by atoms with van der Waals surface area (Å²) in [7, 11) is 1.88. The van der Waals surface area contributed by atoms with Crippen LogP contribution in [0.15, 0.2) is 30.6 Å². The van der Waals surface area contributed by atoms with Crippen LogP contribution in [-0.4, -0.2) is 14.8 Å². The summed E-state index contributed by atoms with van der Waals surface area (Å²) in [5.41, 5.74) is 1.64. The van der Waals surface area contributed by atoms with Crippen LogP contribution < -0.4 is 0 Å². The predicted molar refractivity (Wildman–Crippen MR) is 63.0 cm³/mol. The molecule has 1 aromatic carbocycles. The predicted octanol–water partition coefficient (Wildman–Crippen LogP) is 1.71. The zero-order chi connectivity index (χ0) is 11.5. The molecule has 2 aromatic rings. The summed E-state index contributed by atoms with van der Waals surface area (Å²) < 4.78 is 1.83. The van der Waals surface area contributed by atoms with Crippen molar-refractivity contribution in [3.8, 4) is 6.07 Å². The fraction of sp³-hybridized carbons (Fsp3) is 0.182. The Morgan fingerprint density at radius 2 is 2.06 bits per heavy atom. The van der Waals surface area contributed by atoms with Crippen LogP contribution in [0.2, 0.25) is 0 Å². The lowest BCUT2D eigenvalue weighted by Gasteiger charge is -2.09. The van der Waals surface area contributed by atoms with E-state index in [4.69, 9.17) is 5.26 Å². The molecule has 0 spiro atoms. The van der Waals surface area contributed by atoms with E-state index < -0.39 is 0 Å². The van der Waals surface area contributed by atoms with Crippen LogP contribution in [0.5, 0.6) is 0 Å². The minimum Gasteiger partial charge on any atom is -0.320 e. The van der Waals surface area contributed by atoms with Crippen LogP contribution >= 0.6 is 12.6 Å². The zero-order valence-electron chi connectivity index (χ0n) is 8.70. The summed E-state index contributed by atoms with van der Waals surface area (Å²) in [6.45, 7) is 0. The fourth-order valence-electron chi connectivity index (χ4n) is 1.43. The monoisotopic (exact) mass is 230 g/mol. The second-order valence-electron chi connectivity index (χ2n) is 3.44. The first-order chi connectivity index (χ1) is 7.72.